The third-order valence-corrected chi connectivity index (χ3v) is 7.38. The van der Waals surface area contributed by atoms with Crippen LogP contribution in [0.25, 0.3) is 0 Å². The summed E-state index contributed by atoms with van der Waals surface area (Å²) in [6.07, 6.45) is 2.98. The quantitative estimate of drug-likeness (QED) is 0.551. The summed E-state index contributed by atoms with van der Waals surface area (Å²) < 4.78 is 18.7. The van der Waals surface area contributed by atoms with Gasteiger partial charge < -0.3 is 15.4 Å². The number of methoxy groups -OCH3 is 1. The molecule has 2 aromatic rings. The Balaban J connectivity index is 1.80. The lowest BCUT2D eigenvalue weighted by molar-refractivity contribution is -0.136. The highest BCUT2D eigenvalue weighted by molar-refractivity contribution is 8.13. The Kier molecular flexibility index (Phi) is 9.24. The zero-order chi connectivity index (χ0) is 24.6. The summed E-state index contributed by atoms with van der Waals surface area (Å²) in [5.74, 6) is -0.652. The molecule has 1 fully saturated rings. The maximum atomic E-state index is 13.6. The Hall–Kier alpha value is -2.71. The maximum absolute atomic E-state index is 13.6. The fraction of sp³-hybridized carbons (Fsp3) is 0.423. The van der Waals surface area contributed by atoms with E-state index < -0.39 is 17.3 Å². The monoisotopic (exact) mass is 486 g/mol. The van der Waals surface area contributed by atoms with Gasteiger partial charge in [-0.3, -0.25) is 14.4 Å². The first kappa shape index (κ1) is 25.9. The molecular weight excluding hydrogens is 455 g/mol. The molecule has 0 heterocycles. The first-order valence-corrected chi connectivity index (χ1v) is 12.4. The Bertz CT molecular complexity index is 976. The van der Waals surface area contributed by atoms with E-state index in [-0.39, 0.29) is 23.0 Å². The van der Waals surface area contributed by atoms with E-state index in [1.807, 2.05) is 30.3 Å². The number of thioether (sulfide) groups is 1. The second-order valence-corrected chi connectivity index (χ2v) is 9.86. The Morgan fingerprint density at radius 1 is 1.09 bits per heavy atom. The van der Waals surface area contributed by atoms with Gasteiger partial charge in [0.05, 0.1) is 11.5 Å². The molecular formula is C26H31FN2O4S. The van der Waals surface area contributed by atoms with E-state index in [2.05, 4.69) is 10.6 Å². The number of halogens is 1. The number of carbonyl (C=O) groups excluding carboxylic acids is 3. The smallest absolute Gasteiger partial charge is 0.247 e. The van der Waals surface area contributed by atoms with Gasteiger partial charge in [0.1, 0.15) is 11.9 Å². The molecule has 182 valence electrons. The van der Waals surface area contributed by atoms with Crippen LogP contribution in [0.2, 0.25) is 0 Å². The number of amides is 2. The predicted molar refractivity (Wildman–Crippen MR) is 132 cm³/mol. The molecule has 1 aliphatic carbocycles. The molecule has 6 nitrogen and oxygen atoms in total. The zero-order valence-corrected chi connectivity index (χ0v) is 20.3. The number of ether oxygens (including phenoxy) is 1. The SMILES string of the molecule is CO[C@H]1CC[C@@](CSC(C)=O)(C(=O)N[C@@H](Cc2ccccc2)C(=O)Nc2ccc(F)cc2)CC1. The maximum Gasteiger partial charge on any atom is 0.247 e. The van der Waals surface area contributed by atoms with Crippen molar-refractivity contribution in [2.45, 2.75) is 51.2 Å². The molecule has 3 rings (SSSR count). The van der Waals surface area contributed by atoms with Crippen LogP contribution in [0.15, 0.2) is 54.6 Å². The highest BCUT2D eigenvalue weighted by atomic mass is 32.2. The van der Waals surface area contributed by atoms with Gasteiger partial charge in [0, 0.05) is 31.9 Å². The van der Waals surface area contributed by atoms with Crippen LogP contribution in [0, 0.1) is 11.2 Å². The second kappa shape index (κ2) is 12.1. The van der Waals surface area contributed by atoms with E-state index in [0.29, 0.717) is 43.5 Å². The highest BCUT2D eigenvalue weighted by Crippen LogP contribution is 2.40. The normalized spacial score (nSPS) is 20.9. The molecule has 1 saturated carbocycles. The van der Waals surface area contributed by atoms with E-state index in [9.17, 15) is 18.8 Å². The van der Waals surface area contributed by atoms with Crippen LogP contribution in [0.4, 0.5) is 10.1 Å². The van der Waals surface area contributed by atoms with Gasteiger partial charge in [-0.2, -0.15) is 0 Å². The summed E-state index contributed by atoms with van der Waals surface area (Å²) in [6, 6.07) is 14.1. The molecule has 2 amide bonds. The first-order chi connectivity index (χ1) is 16.3. The first-order valence-electron chi connectivity index (χ1n) is 11.4. The van der Waals surface area contributed by atoms with Gasteiger partial charge >= 0.3 is 0 Å². The number of nitrogens with one attached hydrogen (secondary N) is 2. The van der Waals surface area contributed by atoms with E-state index in [1.54, 1.807) is 7.11 Å². The van der Waals surface area contributed by atoms with Crippen molar-refractivity contribution in [3.05, 3.63) is 66.0 Å². The van der Waals surface area contributed by atoms with E-state index in [1.165, 1.54) is 31.2 Å². The van der Waals surface area contributed by atoms with Gasteiger partial charge in [-0.1, -0.05) is 42.1 Å². The van der Waals surface area contributed by atoms with Crippen LogP contribution in [-0.4, -0.2) is 41.9 Å². The highest BCUT2D eigenvalue weighted by Gasteiger charge is 2.43. The van der Waals surface area contributed by atoms with Crippen molar-refractivity contribution in [1.29, 1.82) is 0 Å². The number of hydrogen-bond acceptors (Lipinski definition) is 5. The number of rotatable bonds is 9. The topological polar surface area (TPSA) is 84.5 Å². The van der Waals surface area contributed by atoms with Crippen LogP contribution >= 0.6 is 11.8 Å². The average Bonchev–Trinajstić information content (AvgIpc) is 2.84. The van der Waals surface area contributed by atoms with E-state index in [0.717, 1.165) is 17.3 Å². The van der Waals surface area contributed by atoms with Crippen molar-refractivity contribution in [2.75, 3.05) is 18.2 Å². The molecule has 0 saturated heterocycles. The fourth-order valence-electron chi connectivity index (χ4n) is 4.19. The Morgan fingerprint density at radius 2 is 1.74 bits per heavy atom. The van der Waals surface area contributed by atoms with Crippen molar-refractivity contribution in [2.24, 2.45) is 5.41 Å². The third-order valence-electron chi connectivity index (χ3n) is 6.27. The Morgan fingerprint density at radius 3 is 2.32 bits per heavy atom. The molecule has 0 aliphatic heterocycles. The van der Waals surface area contributed by atoms with E-state index in [4.69, 9.17) is 4.74 Å². The minimum atomic E-state index is -0.834. The van der Waals surface area contributed by atoms with Crippen molar-refractivity contribution in [1.82, 2.24) is 5.32 Å². The van der Waals surface area contributed by atoms with Crippen LogP contribution in [-0.2, 0) is 25.5 Å². The van der Waals surface area contributed by atoms with Gasteiger partial charge in [-0.15, -0.1) is 0 Å². The molecule has 1 aliphatic rings. The third kappa shape index (κ3) is 7.14. The summed E-state index contributed by atoms with van der Waals surface area (Å²) in [7, 11) is 1.66. The molecule has 0 unspecified atom stereocenters. The number of anilines is 1. The molecule has 0 radical (unpaired) electrons. The molecule has 34 heavy (non-hydrogen) atoms. The summed E-state index contributed by atoms with van der Waals surface area (Å²) in [5, 5.41) is 5.71. The predicted octanol–water partition coefficient (Wildman–Crippen LogP) is 4.35. The van der Waals surface area contributed by atoms with Gasteiger partial charge in [0.25, 0.3) is 0 Å². The number of carbonyl (C=O) groups is 3. The number of hydrogen-bond donors (Lipinski definition) is 2. The minimum absolute atomic E-state index is 0.0454. The molecule has 8 heteroatoms. The van der Waals surface area contributed by atoms with Crippen molar-refractivity contribution < 1.29 is 23.5 Å². The van der Waals surface area contributed by atoms with E-state index >= 15 is 0 Å². The van der Waals surface area contributed by atoms with Crippen LogP contribution < -0.4 is 10.6 Å². The zero-order valence-electron chi connectivity index (χ0n) is 19.5. The minimum Gasteiger partial charge on any atom is -0.381 e. The van der Waals surface area contributed by atoms with Crippen LogP contribution in [0.1, 0.15) is 38.2 Å². The lowest BCUT2D eigenvalue weighted by Crippen LogP contribution is -2.53. The molecule has 1 atom stereocenters. The van der Waals surface area contributed by atoms with Gasteiger partial charge in [-0.05, 0) is 55.5 Å². The molecule has 0 spiro atoms. The van der Waals surface area contributed by atoms with Gasteiger partial charge in [0.15, 0.2) is 5.12 Å². The molecule has 0 bridgehead atoms. The standard InChI is InChI=1S/C26H31FN2O4S/c1-18(30)34-17-26(14-12-22(33-2)13-15-26)25(32)29-23(16-19-6-4-3-5-7-19)24(31)28-21-10-8-20(27)9-11-21/h3-11,22-23H,12-17H2,1-2H3,(H,28,31)(H,29,32)/t22-,23-,26+/m0/s1. The summed E-state index contributed by atoms with van der Waals surface area (Å²) in [4.78, 5) is 38.5. The molecule has 0 aromatic heterocycles. The fourth-order valence-corrected chi connectivity index (χ4v) is 5.09. The van der Waals surface area contributed by atoms with Gasteiger partial charge in [0.2, 0.25) is 11.8 Å². The van der Waals surface area contributed by atoms with Crippen molar-refractivity contribution >= 4 is 34.4 Å². The van der Waals surface area contributed by atoms with Crippen LogP contribution in [0.5, 0.6) is 0 Å². The lowest BCUT2D eigenvalue weighted by Gasteiger charge is -2.39. The Labute approximate surface area is 204 Å². The molecule has 2 N–H and O–H groups in total. The summed E-state index contributed by atoms with van der Waals surface area (Å²) in [6.45, 7) is 1.49. The summed E-state index contributed by atoms with van der Waals surface area (Å²) in [5.41, 5.74) is 0.592. The van der Waals surface area contributed by atoms with Crippen molar-refractivity contribution in [3.8, 4) is 0 Å². The molecule has 2 aromatic carbocycles. The van der Waals surface area contributed by atoms with Crippen molar-refractivity contribution in [3.63, 3.8) is 0 Å². The van der Waals surface area contributed by atoms with Crippen LogP contribution in [0.3, 0.4) is 0 Å². The van der Waals surface area contributed by atoms with Gasteiger partial charge in [-0.25, -0.2) is 4.39 Å². The summed E-state index contributed by atoms with van der Waals surface area (Å²) >= 11 is 1.14. The lowest BCUT2D eigenvalue weighted by atomic mass is 9.73. The second-order valence-electron chi connectivity index (χ2n) is 8.71. The number of benzene rings is 2. The average molecular weight is 487 g/mol. The largest absolute Gasteiger partial charge is 0.381 e.